The highest BCUT2D eigenvalue weighted by Crippen LogP contribution is 2.46. The SMILES string of the molecule is CCCCCC1CCC(C2CCC(C3Cc4cc(F)c(F)cc4C3)CC2)CC1.[HH].[HH]. The Balaban J connectivity index is 0.00000160. The average Bonchev–Trinajstić information content (AvgIpc) is 3.12. The van der Waals surface area contributed by atoms with Crippen LogP contribution in [-0.2, 0) is 12.8 Å². The van der Waals surface area contributed by atoms with Crippen molar-refractivity contribution in [1.82, 2.24) is 0 Å². The minimum absolute atomic E-state index is 0. The maximum absolute atomic E-state index is 13.5. The summed E-state index contributed by atoms with van der Waals surface area (Å²) in [5, 5.41) is 0. The fourth-order valence-corrected chi connectivity index (χ4v) is 6.70. The molecule has 2 saturated carbocycles. The maximum atomic E-state index is 13.5. The Labute approximate surface area is 173 Å². The molecule has 0 aliphatic heterocycles. The number of unbranched alkanes of at least 4 members (excludes halogenated alkanes) is 2. The lowest BCUT2D eigenvalue weighted by Gasteiger charge is -2.39. The van der Waals surface area contributed by atoms with Crippen molar-refractivity contribution in [3.8, 4) is 0 Å². The molecule has 3 aliphatic carbocycles. The molecule has 160 valence electrons. The molecule has 0 unspecified atom stereocenters. The van der Waals surface area contributed by atoms with Crippen LogP contribution in [0.25, 0.3) is 0 Å². The second-order valence-corrected chi connectivity index (χ2v) is 10.2. The summed E-state index contributed by atoms with van der Waals surface area (Å²) < 4.78 is 27.1. The van der Waals surface area contributed by atoms with Crippen LogP contribution in [0.15, 0.2) is 12.1 Å². The van der Waals surface area contributed by atoms with Gasteiger partial charge in [-0.05, 0) is 104 Å². The lowest BCUT2D eigenvalue weighted by molar-refractivity contribution is 0.124. The van der Waals surface area contributed by atoms with E-state index < -0.39 is 11.6 Å². The summed E-state index contributed by atoms with van der Waals surface area (Å²) in [5.41, 5.74) is 2.12. The number of hydrogen-bond acceptors (Lipinski definition) is 0. The monoisotopic (exact) mass is 392 g/mol. The number of rotatable bonds is 6. The van der Waals surface area contributed by atoms with E-state index in [1.165, 1.54) is 89.2 Å². The topological polar surface area (TPSA) is 0 Å². The third-order valence-electron chi connectivity index (χ3n) is 8.46. The molecule has 1 aromatic carbocycles. The summed E-state index contributed by atoms with van der Waals surface area (Å²) in [6.45, 7) is 2.30. The summed E-state index contributed by atoms with van der Waals surface area (Å²) in [6, 6.07) is 2.91. The highest BCUT2D eigenvalue weighted by molar-refractivity contribution is 5.33. The van der Waals surface area contributed by atoms with Crippen LogP contribution in [0, 0.1) is 41.2 Å². The summed E-state index contributed by atoms with van der Waals surface area (Å²) in [5.74, 6) is 2.98. The zero-order chi connectivity index (χ0) is 19.5. The van der Waals surface area contributed by atoms with Gasteiger partial charge in [0, 0.05) is 2.85 Å². The van der Waals surface area contributed by atoms with Crippen molar-refractivity contribution >= 4 is 0 Å². The van der Waals surface area contributed by atoms with Crippen LogP contribution in [0.4, 0.5) is 8.78 Å². The summed E-state index contributed by atoms with van der Waals surface area (Å²) in [4.78, 5) is 0. The molecule has 0 bridgehead atoms. The largest absolute Gasteiger partial charge is 0.204 e. The van der Waals surface area contributed by atoms with Gasteiger partial charge in [-0.2, -0.15) is 0 Å². The van der Waals surface area contributed by atoms with Crippen molar-refractivity contribution < 1.29 is 11.6 Å². The molecule has 1 aromatic rings. The van der Waals surface area contributed by atoms with Crippen LogP contribution in [0.3, 0.4) is 0 Å². The van der Waals surface area contributed by atoms with Crippen molar-refractivity contribution in [3.63, 3.8) is 0 Å². The zero-order valence-corrected chi connectivity index (χ0v) is 17.7. The highest BCUT2D eigenvalue weighted by Gasteiger charge is 2.35. The minimum atomic E-state index is -0.673. The average molecular weight is 393 g/mol. The standard InChI is InChI=1S/C26H38F2.2H2/c1-2-3-4-5-18-6-8-19(9-7-18)20-10-12-21(13-11-20)22-14-23-16-25(27)26(28)17-24(23)15-22;;/h16-22H,2-15H2,1H3;2*1H. The maximum Gasteiger partial charge on any atom is 0.159 e. The van der Waals surface area contributed by atoms with Crippen molar-refractivity contribution in [2.24, 2.45) is 29.6 Å². The second-order valence-electron chi connectivity index (χ2n) is 10.2. The van der Waals surface area contributed by atoms with Gasteiger partial charge in [0.25, 0.3) is 0 Å². The first-order valence-corrected chi connectivity index (χ1v) is 12.1. The highest BCUT2D eigenvalue weighted by atomic mass is 19.2. The van der Waals surface area contributed by atoms with E-state index in [0.717, 1.165) is 47.6 Å². The van der Waals surface area contributed by atoms with Crippen LogP contribution in [0.2, 0.25) is 0 Å². The Hall–Kier alpha value is -0.920. The third-order valence-corrected chi connectivity index (χ3v) is 8.46. The van der Waals surface area contributed by atoms with E-state index in [1.54, 1.807) is 0 Å². The Bertz CT molecular complexity index is 616. The first-order chi connectivity index (χ1) is 13.6. The first-order valence-electron chi connectivity index (χ1n) is 12.1. The quantitative estimate of drug-likeness (QED) is 0.427. The van der Waals surface area contributed by atoms with Crippen LogP contribution in [0.1, 0.15) is 98.0 Å². The van der Waals surface area contributed by atoms with Crippen molar-refractivity contribution in [2.45, 2.75) is 96.8 Å². The molecule has 0 aromatic heterocycles. The minimum Gasteiger partial charge on any atom is -0.204 e. The number of fused-ring (bicyclic) bond motifs is 1. The molecule has 0 saturated heterocycles. The molecule has 2 fully saturated rings. The van der Waals surface area contributed by atoms with E-state index >= 15 is 0 Å². The van der Waals surface area contributed by atoms with Gasteiger partial charge in [-0.25, -0.2) is 8.78 Å². The molecule has 0 heterocycles. The molecule has 0 nitrogen and oxygen atoms in total. The second kappa shape index (κ2) is 9.26. The Morgan fingerprint density at radius 1 is 0.714 bits per heavy atom. The molecule has 0 spiro atoms. The number of halogens is 2. The van der Waals surface area contributed by atoms with Crippen molar-refractivity contribution in [2.75, 3.05) is 0 Å². The Kier molecular flexibility index (Phi) is 6.74. The predicted molar refractivity (Wildman–Crippen MR) is 117 cm³/mol. The van der Waals surface area contributed by atoms with Crippen LogP contribution in [0.5, 0.6) is 0 Å². The summed E-state index contributed by atoms with van der Waals surface area (Å²) in [7, 11) is 0. The molecule has 0 radical (unpaired) electrons. The number of benzene rings is 1. The molecule has 0 atom stereocenters. The van der Waals surface area contributed by atoms with Gasteiger partial charge >= 0.3 is 0 Å². The van der Waals surface area contributed by atoms with Gasteiger partial charge in [-0.1, -0.05) is 45.4 Å². The molecule has 3 aliphatic rings. The smallest absolute Gasteiger partial charge is 0.159 e. The molecular formula is C26H42F2. The van der Waals surface area contributed by atoms with E-state index in [9.17, 15) is 8.78 Å². The van der Waals surface area contributed by atoms with Crippen LogP contribution in [-0.4, -0.2) is 0 Å². The fourth-order valence-electron chi connectivity index (χ4n) is 6.70. The van der Waals surface area contributed by atoms with Gasteiger partial charge in [0.1, 0.15) is 0 Å². The summed E-state index contributed by atoms with van der Waals surface area (Å²) in [6.07, 6.45) is 18.9. The van der Waals surface area contributed by atoms with Gasteiger partial charge < -0.3 is 0 Å². The zero-order valence-electron chi connectivity index (χ0n) is 17.7. The molecule has 4 rings (SSSR count). The first kappa shape index (κ1) is 20.4. The van der Waals surface area contributed by atoms with Crippen LogP contribution >= 0.6 is 0 Å². The molecule has 28 heavy (non-hydrogen) atoms. The van der Waals surface area contributed by atoms with Crippen molar-refractivity contribution in [1.29, 1.82) is 0 Å². The van der Waals surface area contributed by atoms with Gasteiger partial charge in [0.2, 0.25) is 0 Å². The lowest BCUT2D eigenvalue weighted by Crippen LogP contribution is -2.28. The van der Waals surface area contributed by atoms with Gasteiger partial charge in [0.15, 0.2) is 11.6 Å². The number of hydrogen-bond donors (Lipinski definition) is 0. The molecule has 0 N–H and O–H groups in total. The van der Waals surface area contributed by atoms with E-state index in [-0.39, 0.29) is 2.85 Å². The Morgan fingerprint density at radius 3 is 1.68 bits per heavy atom. The van der Waals surface area contributed by atoms with E-state index in [0.29, 0.717) is 5.92 Å². The van der Waals surface area contributed by atoms with Gasteiger partial charge in [0.05, 0.1) is 0 Å². The van der Waals surface area contributed by atoms with Gasteiger partial charge in [-0.3, -0.25) is 0 Å². The third kappa shape index (κ3) is 4.62. The van der Waals surface area contributed by atoms with Crippen LogP contribution < -0.4 is 0 Å². The predicted octanol–water partition coefficient (Wildman–Crippen LogP) is 8.36. The normalized spacial score (nSPS) is 31.1. The Morgan fingerprint density at radius 2 is 1.18 bits per heavy atom. The van der Waals surface area contributed by atoms with E-state index in [4.69, 9.17) is 0 Å². The lowest BCUT2D eigenvalue weighted by atomic mass is 9.66. The van der Waals surface area contributed by atoms with Gasteiger partial charge in [-0.15, -0.1) is 0 Å². The van der Waals surface area contributed by atoms with Crippen molar-refractivity contribution in [3.05, 3.63) is 34.9 Å². The molecule has 0 amide bonds. The molecule has 2 heteroatoms. The summed E-state index contributed by atoms with van der Waals surface area (Å²) >= 11 is 0. The van der Waals surface area contributed by atoms with E-state index in [2.05, 4.69) is 6.92 Å². The van der Waals surface area contributed by atoms with E-state index in [1.807, 2.05) is 0 Å². The fraction of sp³-hybridized carbons (Fsp3) is 0.769. The molecular weight excluding hydrogens is 350 g/mol.